The molecular weight excluding hydrogens is 434 g/mol. The standard InChI is InChI=1S/C26H29N3O3S/c1-29(2)18-11-9-17(10-12-18)16-27-26-24(20-7-5-6-8-23(20)33-26)25(30)28-21-14-13-19(31-3)15-22(21)32-4/h9-16H,5-8H2,1-4H3,(H,28,30). The van der Waals surface area contributed by atoms with Crippen LogP contribution in [0.3, 0.4) is 0 Å². The zero-order valence-corrected chi connectivity index (χ0v) is 20.3. The van der Waals surface area contributed by atoms with Crippen LogP contribution in [0, 0.1) is 0 Å². The third-order valence-electron chi connectivity index (χ3n) is 5.78. The molecule has 0 saturated carbocycles. The number of ether oxygens (including phenoxy) is 2. The molecule has 0 atom stereocenters. The number of fused-ring (bicyclic) bond motifs is 1. The van der Waals surface area contributed by atoms with E-state index < -0.39 is 0 Å². The van der Waals surface area contributed by atoms with E-state index in [4.69, 9.17) is 14.5 Å². The first kappa shape index (κ1) is 22.9. The van der Waals surface area contributed by atoms with Crippen molar-refractivity contribution in [1.29, 1.82) is 0 Å². The smallest absolute Gasteiger partial charge is 0.259 e. The Kier molecular flexibility index (Phi) is 6.99. The van der Waals surface area contributed by atoms with Crippen LogP contribution in [0.4, 0.5) is 16.4 Å². The zero-order chi connectivity index (χ0) is 23.4. The van der Waals surface area contributed by atoms with Gasteiger partial charge in [0.15, 0.2) is 0 Å². The minimum absolute atomic E-state index is 0.159. The summed E-state index contributed by atoms with van der Waals surface area (Å²) in [6, 6.07) is 13.5. The summed E-state index contributed by atoms with van der Waals surface area (Å²) in [6.45, 7) is 0. The third kappa shape index (κ3) is 5.03. The van der Waals surface area contributed by atoms with E-state index >= 15 is 0 Å². The molecule has 0 spiro atoms. The van der Waals surface area contributed by atoms with Gasteiger partial charge in [-0.1, -0.05) is 12.1 Å². The second kappa shape index (κ2) is 10.1. The Hall–Kier alpha value is -3.32. The summed E-state index contributed by atoms with van der Waals surface area (Å²) in [5.74, 6) is 1.06. The van der Waals surface area contributed by atoms with E-state index in [1.165, 1.54) is 4.88 Å². The molecule has 172 valence electrons. The average Bonchev–Trinajstić information content (AvgIpc) is 3.21. The minimum Gasteiger partial charge on any atom is -0.497 e. The predicted octanol–water partition coefficient (Wildman–Crippen LogP) is 5.71. The fraction of sp³-hybridized carbons (Fsp3) is 0.308. The van der Waals surface area contributed by atoms with Crippen LogP contribution in [0.25, 0.3) is 0 Å². The van der Waals surface area contributed by atoms with E-state index in [1.807, 2.05) is 32.4 Å². The number of anilines is 2. The van der Waals surface area contributed by atoms with Gasteiger partial charge in [-0.3, -0.25) is 4.79 Å². The molecule has 3 aromatic rings. The SMILES string of the molecule is COc1ccc(NC(=O)c2c(N=Cc3ccc(N(C)C)cc3)sc3c2CCCC3)c(OC)c1. The van der Waals surface area contributed by atoms with Crippen LogP contribution < -0.4 is 19.7 Å². The average molecular weight is 464 g/mol. The number of hydrogen-bond donors (Lipinski definition) is 1. The van der Waals surface area contributed by atoms with Crippen LogP contribution in [0.5, 0.6) is 11.5 Å². The molecular formula is C26H29N3O3S. The van der Waals surface area contributed by atoms with Crippen LogP contribution in [0.2, 0.25) is 0 Å². The lowest BCUT2D eigenvalue weighted by Crippen LogP contribution is -2.15. The van der Waals surface area contributed by atoms with Gasteiger partial charge in [0.25, 0.3) is 5.91 Å². The number of carbonyl (C=O) groups excluding carboxylic acids is 1. The topological polar surface area (TPSA) is 63.2 Å². The van der Waals surface area contributed by atoms with Crippen molar-refractivity contribution in [3.63, 3.8) is 0 Å². The van der Waals surface area contributed by atoms with E-state index in [0.29, 0.717) is 22.7 Å². The summed E-state index contributed by atoms with van der Waals surface area (Å²) in [5.41, 5.74) is 4.54. The number of nitrogens with one attached hydrogen (secondary N) is 1. The maximum atomic E-state index is 13.5. The van der Waals surface area contributed by atoms with E-state index in [0.717, 1.165) is 47.5 Å². The Bertz CT molecular complexity index is 1170. The van der Waals surface area contributed by atoms with Crippen molar-refractivity contribution in [2.24, 2.45) is 4.99 Å². The Morgan fingerprint density at radius 2 is 1.82 bits per heavy atom. The van der Waals surface area contributed by atoms with Gasteiger partial charge >= 0.3 is 0 Å². The van der Waals surface area contributed by atoms with Gasteiger partial charge in [-0.25, -0.2) is 4.99 Å². The van der Waals surface area contributed by atoms with E-state index in [2.05, 4.69) is 22.3 Å². The Balaban J connectivity index is 1.65. The molecule has 0 saturated heterocycles. The summed E-state index contributed by atoms with van der Waals surface area (Å²) in [6.07, 6.45) is 5.98. The molecule has 0 aliphatic heterocycles. The Morgan fingerprint density at radius 1 is 1.06 bits per heavy atom. The largest absolute Gasteiger partial charge is 0.497 e. The fourth-order valence-electron chi connectivity index (χ4n) is 3.95. The lowest BCUT2D eigenvalue weighted by molar-refractivity contribution is 0.102. The number of hydrogen-bond acceptors (Lipinski definition) is 6. The van der Waals surface area contributed by atoms with Gasteiger partial charge in [0.05, 0.1) is 25.5 Å². The van der Waals surface area contributed by atoms with Crippen molar-refractivity contribution in [1.82, 2.24) is 0 Å². The first-order valence-corrected chi connectivity index (χ1v) is 11.8. The summed E-state index contributed by atoms with van der Waals surface area (Å²) >= 11 is 1.63. The van der Waals surface area contributed by atoms with Crippen molar-refractivity contribution >= 4 is 39.8 Å². The second-order valence-corrected chi connectivity index (χ2v) is 9.24. The molecule has 1 heterocycles. The molecule has 1 N–H and O–H groups in total. The molecule has 1 aromatic heterocycles. The van der Waals surface area contributed by atoms with Crippen LogP contribution in [-0.2, 0) is 12.8 Å². The van der Waals surface area contributed by atoms with E-state index in [1.54, 1.807) is 43.8 Å². The highest BCUT2D eigenvalue weighted by atomic mass is 32.1. The molecule has 33 heavy (non-hydrogen) atoms. The monoisotopic (exact) mass is 463 g/mol. The van der Waals surface area contributed by atoms with Gasteiger partial charge in [0, 0.05) is 36.9 Å². The van der Waals surface area contributed by atoms with Crippen molar-refractivity contribution in [2.45, 2.75) is 25.7 Å². The van der Waals surface area contributed by atoms with Crippen LogP contribution in [0.15, 0.2) is 47.5 Å². The highest BCUT2D eigenvalue weighted by molar-refractivity contribution is 7.16. The van der Waals surface area contributed by atoms with Gasteiger partial charge < -0.3 is 19.7 Å². The van der Waals surface area contributed by atoms with Gasteiger partial charge in [-0.15, -0.1) is 11.3 Å². The number of methoxy groups -OCH3 is 2. The Labute approximate surface area is 198 Å². The minimum atomic E-state index is -0.159. The first-order valence-electron chi connectivity index (χ1n) is 11.0. The number of aryl methyl sites for hydroxylation is 1. The molecule has 2 aromatic carbocycles. The molecule has 0 bridgehead atoms. The number of thiophene rings is 1. The van der Waals surface area contributed by atoms with Gasteiger partial charge in [0.1, 0.15) is 16.5 Å². The number of nitrogens with zero attached hydrogens (tertiary/aromatic N) is 2. The van der Waals surface area contributed by atoms with Crippen LogP contribution in [-0.4, -0.2) is 40.4 Å². The number of aliphatic imine (C=N–C) groups is 1. The molecule has 4 rings (SSSR count). The van der Waals surface area contributed by atoms with Crippen molar-refractivity contribution in [3.8, 4) is 11.5 Å². The maximum absolute atomic E-state index is 13.5. The highest BCUT2D eigenvalue weighted by Crippen LogP contribution is 2.41. The van der Waals surface area contributed by atoms with Gasteiger partial charge in [0.2, 0.25) is 0 Å². The quantitative estimate of drug-likeness (QED) is 0.456. The second-order valence-electron chi connectivity index (χ2n) is 8.16. The molecule has 1 amide bonds. The number of benzene rings is 2. The molecule has 0 radical (unpaired) electrons. The summed E-state index contributed by atoms with van der Waals surface area (Å²) in [7, 11) is 7.21. The van der Waals surface area contributed by atoms with Crippen molar-refractivity contribution < 1.29 is 14.3 Å². The Morgan fingerprint density at radius 3 is 2.52 bits per heavy atom. The predicted molar refractivity (Wildman–Crippen MR) is 136 cm³/mol. The van der Waals surface area contributed by atoms with Crippen molar-refractivity contribution in [2.75, 3.05) is 38.5 Å². The molecule has 6 nitrogen and oxygen atoms in total. The molecule has 1 aliphatic rings. The highest BCUT2D eigenvalue weighted by Gasteiger charge is 2.26. The fourth-order valence-corrected chi connectivity index (χ4v) is 5.19. The molecule has 7 heteroatoms. The lowest BCUT2D eigenvalue weighted by Gasteiger charge is -2.14. The van der Waals surface area contributed by atoms with Gasteiger partial charge in [-0.2, -0.15) is 0 Å². The number of amides is 1. The molecule has 0 unspecified atom stereocenters. The maximum Gasteiger partial charge on any atom is 0.259 e. The van der Waals surface area contributed by atoms with Gasteiger partial charge in [-0.05, 0) is 61.1 Å². The van der Waals surface area contributed by atoms with Crippen LogP contribution in [0.1, 0.15) is 39.2 Å². The first-order chi connectivity index (χ1) is 16.0. The zero-order valence-electron chi connectivity index (χ0n) is 19.5. The lowest BCUT2D eigenvalue weighted by atomic mass is 9.95. The summed E-state index contributed by atoms with van der Waals surface area (Å²) in [4.78, 5) is 21.5. The number of carbonyl (C=O) groups is 1. The normalized spacial score (nSPS) is 13.0. The molecule has 1 aliphatic carbocycles. The van der Waals surface area contributed by atoms with E-state index in [-0.39, 0.29) is 5.91 Å². The number of rotatable bonds is 7. The molecule has 0 fully saturated rings. The third-order valence-corrected chi connectivity index (χ3v) is 6.98. The summed E-state index contributed by atoms with van der Waals surface area (Å²) in [5, 5.41) is 3.78. The summed E-state index contributed by atoms with van der Waals surface area (Å²) < 4.78 is 10.7. The van der Waals surface area contributed by atoms with Crippen molar-refractivity contribution in [3.05, 3.63) is 64.0 Å². The van der Waals surface area contributed by atoms with E-state index in [9.17, 15) is 4.79 Å². The van der Waals surface area contributed by atoms with Crippen LogP contribution >= 0.6 is 11.3 Å².